The van der Waals surface area contributed by atoms with Gasteiger partial charge in [0.05, 0.1) is 0 Å². The smallest absolute Gasteiger partial charge is 0.227 e. The van der Waals surface area contributed by atoms with E-state index in [-0.39, 0.29) is 0 Å². The van der Waals surface area contributed by atoms with E-state index in [1.165, 1.54) is 38.4 Å². The molecule has 1 heterocycles. The molecule has 8 aromatic carbocycles. The molecule has 0 aliphatic rings. The first-order valence-electron chi connectivity index (χ1n) is 16.2. The first-order valence-corrected chi connectivity index (χ1v) is 16.2. The molecule has 3 nitrogen and oxygen atoms in total. The van der Waals surface area contributed by atoms with Crippen LogP contribution in [0.15, 0.2) is 186 Å². The third kappa shape index (κ3) is 5.08. The van der Waals surface area contributed by atoms with E-state index >= 15 is 0 Å². The Morgan fingerprint density at radius 2 is 1.02 bits per heavy atom. The van der Waals surface area contributed by atoms with Crippen molar-refractivity contribution in [3.8, 4) is 33.7 Å². The van der Waals surface area contributed by atoms with E-state index in [0.29, 0.717) is 5.89 Å². The third-order valence-electron chi connectivity index (χ3n) is 9.05. The molecule has 0 unspecified atom stereocenters. The van der Waals surface area contributed by atoms with Crippen LogP contribution in [0.2, 0.25) is 0 Å². The Balaban J connectivity index is 1.21. The minimum atomic E-state index is 0.615. The molecule has 226 valence electrons. The Bertz CT molecular complexity index is 2550. The van der Waals surface area contributed by atoms with Crippen LogP contribution in [0.5, 0.6) is 0 Å². The minimum absolute atomic E-state index is 0.615. The lowest BCUT2D eigenvalue weighted by atomic mass is 9.96. The fraction of sp³-hybridized carbons (Fsp3) is 0. The van der Waals surface area contributed by atoms with Gasteiger partial charge in [0.25, 0.3) is 0 Å². The molecule has 0 N–H and O–H groups in total. The molecule has 0 saturated carbocycles. The van der Waals surface area contributed by atoms with Crippen molar-refractivity contribution in [1.82, 2.24) is 4.98 Å². The molecule has 0 amide bonds. The van der Waals surface area contributed by atoms with Gasteiger partial charge in [-0.1, -0.05) is 127 Å². The number of fused-ring (bicyclic) bond motifs is 3. The van der Waals surface area contributed by atoms with Crippen molar-refractivity contribution in [2.24, 2.45) is 0 Å². The SMILES string of the molecule is c1ccc(-c2ccc(N(c3cc(-c4ccccc4)c4ccccc4c3)c3ccc4oc(-c5ccc6ccccc6c5)nc4c3)cc2)cc1. The van der Waals surface area contributed by atoms with Gasteiger partial charge in [0, 0.05) is 22.6 Å². The molecule has 0 aliphatic carbocycles. The summed E-state index contributed by atoms with van der Waals surface area (Å²) in [5, 5.41) is 4.76. The fourth-order valence-corrected chi connectivity index (χ4v) is 6.66. The number of nitrogens with zero attached hydrogens (tertiary/aromatic N) is 2. The lowest BCUT2D eigenvalue weighted by molar-refractivity contribution is 0.620. The van der Waals surface area contributed by atoms with Crippen molar-refractivity contribution >= 4 is 49.7 Å². The number of hydrogen-bond acceptors (Lipinski definition) is 3. The molecule has 0 saturated heterocycles. The summed E-state index contributed by atoms with van der Waals surface area (Å²) in [5.41, 5.74) is 10.4. The van der Waals surface area contributed by atoms with Crippen LogP contribution in [0.3, 0.4) is 0 Å². The Morgan fingerprint density at radius 1 is 0.396 bits per heavy atom. The number of benzene rings is 8. The first kappa shape index (κ1) is 27.8. The van der Waals surface area contributed by atoms with Crippen molar-refractivity contribution in [1.29, 1.82) is 0 Å². The van der Waals surface area contributed by atoms with Crippen molar-refractivity contribution < 1.29 is 4.42 Å². The van der Waals surface area contributed by atoms with Gasteiger partial charge in [-0.05, 0) is 98.4 Å². The van der Waals surface area contributed by atoms with E-state index < -0.39 is 0 Å². The largest absolute Gasteiger partial charge is 0.436 e. The summed E-state index contributed by atoms with van der Waals surface area (Å²) in [4.78, 5) is 7.31. The van der Waals surface area contributed by atoms with Crippen LogP contribution in [0.1, 0.15) is 0 Å². The maximum Gasteiger partial charge on any atom is 0.227 e. The van der Waals surface area contributed by atoms with Gasteiger partial charge in [0.1, 0.15) is 5.52 Å². The summed E-state index contributed by atoms with van der Waals surface area (Å²) in [6.45, 7) is 0. The summed E-state index contributed by atoms with van der Waals surface area (Å²) in [5.74, 6) is 0.615. The van der Waals surface area contributed by atoms with Gasteiger partial charge in [-0.25, -0.2) is 4.98 Å². The van der Waals surface area contributed by atoms with E-state index in [9.17, 15) is 0 Å². The van der Waals surface area contributed by atoms with Gasteiger partial charge in [-0.15, -0.1) is 0 Å². The van der Waals surface area contributed by atoms with Gasteiger partial charge in [0.15, 0.2) is 5.58 Å². The van der Waals surface area contributed by atoms with E-state index in [0.717, 1.165) is 39.1 Å². The molecule has 0 bridgehead atoms. The number of oxazole rings is 1. The highest BCUT2D eigenvalue weighted by Gasteiger charge is 2.18. The third-order valence-corrected chi connectivity index (χ3v) is 9.05. The molecule has 48 heavy (non-hydrogen) atoms. The summed E-state index contributed by atoms with van der Waals surface area (Å²) >= 11 is 0. The predicted octanol–water partition coefficient (Wildman–Crippen LogP) is 12.6. The second-order valence-corrected chi connectivity index (χ2v) is 12.1. The molecule has 1 aromatic heterocycles. The van der Waals surface area contributed by atoms with Crippen LogP contribution < -0.4 is 4.90 Å². The zero-order chi connectivity index (χ0) is 31.9. The Hall–Kier alpha value is -6.45. The fourth-order valence-electron chi connectivity index (χ4n) is 6.66. The average molecular weight is 615 g/mol. The first-order chi connectivity index (χ1) is 23.8. The quantitative estimate of drug-likeness (QED) is 0.187. The molecule has 9 aromatic rings. The molecule has 0 spiro atoms. The maximum atomic E-state index is 6.32. The van der Waals surface area contributed by atoms with E-state index in [2.05, 4.69) is 181 Å². The maximum absolute atomic E-state index is 6.32. The van der Waals surface area contributed by atoms with Crippen LogP contribution in [0.25, 0.3) is 66.4 Å². The molecule has 3 heteroatoms. The molecule has 0 fully saturated rings. The molecule has 0 radical (unpaired) electrons. The monoisotopic (exact) mass is 614 g/mol. The molecule has 0 atom stereocenters. The van der Waals surface area contributed by atoms with E-state index in [1.54, 1.807) is 0 Å². The lowest BCUT2D eigenvalue weighted by Crippen LogP contribution is -2.10. The van der Waals surface area contributed by atoms with E-state index in [1.807, 2.05) is 6.07 Å². The molecule has 0 aliphatic heterocycles. The second kappa shape index (κ2) is 11.7. The van der Waals surface area contributed by atoms with Crippen molar-refractivity contribution in [3.05, 3.63) is 182 Å². The summed E-state index contributed by atoms with van der Waals surface area (Å²) in [7, 11) is 0. The van der Waals surface area contributed by atoms with Crippen molar-refractivity contribution in [3.63, 3.8) is 0 Å². The molecular formula is C45H30N2O. The van der Waals surface area contributed by atoms with Crippen LogP contribution >= 0.6 is 0 Å². The van der Waals surface area contributed by atoms with Crippen LogP contribution in [-0.4, -0.2) is 4.98 Å². The van der Waals surface area contributed by atoms with Gasteiger partial charge in [0.2, 0.25) is 5.89 Å². The topological polar surface area (TPSA) is 29.3 Å². The summed E-state index contributed by atoms with van der Waals surface area (Å²) in [6.07, 6.45) is 0. The van der Waals surface area contributed by atoms with Gasteiger partial charge in [-0.3, -0.25) is 0 Å². The standard InChI is InChI=1S/C45H30N2O/c1-3-11-31(12-4-1)33-21-23-38(24-22-33)47(40-28-36-17-9-10-18-41(36)42(29-40)34-14-5-2-6-15-34)39-25-26-44-43(30-39)46-45(48-44)37-20-19-32-13-7-8-16-35(32)27-37/h1-30H. The van der Waals surface area contributed by atoms with Crippen LogP contribution in [-0.2, 0) is 0 Å². The van der Waals surface area contributed by atoms with Crippen LogP contribution in [0.4, 0.5) is 17.1 Å². The van der Waals surface area contributed by atoms with E-state index in [4.69, 9.17) is 9.40 Å². The van der Waals surface area contributed by atoms with Gasteiger partial charge in [-0.2, -0.15) is 0 Å². The number of rotatable bonds is 6. The average Bonchev–Trinajstić information content (AvgIpc) is 3.59. The second-order valence-electron chi connectivity index (χ2n) is 12.1. The summed E-state index contributed by atoms with van der Waals surface area (Å²) in [6, 6.07) is 64.1. The van der Waals surface area contributed by atoms with Crippen molar-refractivity contribution in [2.45, 2.75) is 0 Å². The zero-order valence-electron chi connectivity index (χ0n) is 26.1. The Labute approximate surface area is 279 Å². The summed E-state index contributed by atoms with van der Waals surface area (Å²) < 4.78 is 6.32. The predicted molar refractivity (Wildman–Crippen MR) is 200 cm³/mol. The number of anilines is 3. The highest BCUT2D eigenvalue weighted by atomic mass is 16.3. The zero-order valence-corrected chi connectivity index (χ0v) is 26.1. The Kier molecular flexibility index (Phi) is 6.80. The molecular weight excluding hydrogens is 585 g/mol. The highest BCUT2D eigenvalue weighted by molar-refractivity contribution is 6.01. The highest BCUT2D eigenvalue weighted by Crippen LogP contribution is 2.42. The lowest BCUT2D eigenvalue weighted by Gasteiger charge is -2.27. The number of hydrogen-bond donors (Lipinski definition) is 0. The Morgan fingerprint density at radius 3 is 1.81 bits per heavy atom. The van der Waals surface area contributed by atoms with Gasteiger partial charge < -0.3 is 9.32 Å². The minimum Gasteiger partial charge on any atom is -0.436 e. The van der Waals surface area contributed by atoms with Crippen LogP contribution in [0, 0.1) is 0 Å². The normalized spacial score (nSPS) is 11.3. The van der Waals surface area contributed by atoms with Gasteiger partial charge >= 0.3 is 0 Å². The molecule has 9 rings (SSSR count). The number of aromatic nitrogens is 1. The van der Waals surface area contributed by atoms with Crippen molar-refractivity contribution in [2.75, 3.05) is 4.90 Å².